The van der Waals surface area contributed by atoms with Gasteiger partial charge in [-0.05, 0) is 41.9 Å². The maximum Gasteiger partial charge on any atom is 0.166 e. The summed E-state index contributed by atoms with van der Waals surface area (Å²) in [5.41, 5.74) is 8.84. The quantitative estimate of drug-likeness (QED) is 0.572. The van der Waals surface area contributed by atoms with Crippen LogP contribution in [0.1, 0.15) is 47.0 Å². The van der Waals surface area contributed by atoms with E-state index < -0.39 is 0 Å². The third-order valence-electron chi connectivity index (χ3n) is 4.94. The van der Waals surface area contributed by atoms with Crippen molar-refractivity contribution in [2.45, 2.75) is 40.0 Å². The molecule has 0 bridgehead atoms. The predicted molar refractivity (Wildman–Crippen MR) is 139 cm³/mol. The molecule has 2 saturated heterocycles. The van der Waals surface area contributed by atoms with Crippen LogP contribution < -0.4 is 10.6 Å². The van der Waals surface area contributed by atoms with E-state index in [4.69, 9.17) is 33.5 Å². The fourth-order valence-corrected chi connectivity index (χ4v) is 3.29. The zero-order valence-electron chi connectivity index (χ0n) is 19.3. The van der Waals surface area contributed by atoms with Gasteiger partial charge in [0.05, 0.1) is 12.3 Å². The number of nitrogens with zero attached hydrogens (tertiary/aromatic N) is 2. The zero-order valence-corrected chi connectivity index (χ0v) is 20.1. The summed E-state index contributed by atoms with van der Waals surface area (Å²) in [6.45, 7) is 16.2. The lowest BCUT2D eigenvalue weighted by Gasteiger charge is -2.36. The van der Waals surface area contributed by atoms with Gasteiger partial charge >= 0.3 is 0 Å². The molecule has 2 aliphatic rings. The largest absolute Gasteiger partial charge is 0.491 e. The molecular formula is C24H39N5OS. The highest BCUT2D eigenvalue weighted by Gasteiger charge is 2.18. The van der Waals surface area contributed by atoms with Crippen LogP contribution in [0.25, 0.3) is 0 Å². The standard InChI is InChI=1S/C14H21N3S.C8H10N2O.C2H6.H2/c1-11(2)12-3-5-13(6-4-12)16-7-9-17(10-8-16)14(15)18;1-2-3-7-8(10)6(9)4-5-11-7;1-2;/h3-6,11H,7-10H2,1-2H3,(H2,15,18);2-3,9-10H,1,4-5H2;1-2H3;1H/b;7-3+,9-6?,10-8?;;. The van der Waals surface area contributed by atoms with Crippen LogP contribution in [-0.2, 0) is 4.74 Å². The van der Waals surface area contributed by atoms with Crippen molar-refractivity contribution in [1.82, 2.24) is 4.90 Å². The molecule has 3 rings (SSSR count). The van der Waals surface area contributed by atoms with Crippen LogP contribution in [0.2, 0.25) is 0 Å². The SMILES string of the molecule is C=C/C=C1/OCCC(=N)C1=N.CC.CC(C)c1ccc(N2CCN(C(N)=S)CC2)cc1.[HH]. The summed E-state index contributed by atoms with van der Waals surface area (Å²) in [7, 11) is 0. The number of piperazine rings is 1. The minimum Gasteiger partial charge on any atom is -0.491 e. The van der Waals surface area contributed by atoms with E-state index in [1.807, 2.05) is 13.8 Å². The van der Waals surface area contributed by atoms with Gasteiger partial charge in [0, 0.05) is 39.7 Å². The molecule has 2 heterocycles. The van der Waals surface area contributed by atoms with Gasteiger partial charge in [-0.2, -0.15) is 0 Å². The molecule has 2 aliphatic heterocycles. The minimum atomic E-state index is 0. The number of rotatable bonds is 3. The second-order valence-electron chi connectivity index (χ2n) is 7.28. The Balaban J connectivity index is 0.000000593. The lowest BCUT2D eigenvalue weighted by Crippen LogP contribution is -2.50. The van der Waals surface area contributed by atoms with E-state index in [1.54, 1.807) is 12.2 Å². The van der Waals surface area contributed by atoms with Crippen LogP contribution in [0.5, 0.6) is 0 Å². The topological polar surface area (TPSA) is 89.4 Å². The van der Waals surface area contributed by atoms with Crippen molar-refractivity contribution < 1.29 is 6.16 Å². The Bertz CT molecular complexity index is 784. The molecule has 4 N–H and O–H groups in total. The fraction of sp³-hybridized carbons (Fsp3) is 0.458. The first-order valence-electron chi connectivity index (χ1n) is 10.8. The van der Waals surface area contributed by atoms with Gasteiger partial charge in [0.15, 0.2) is 5.11 Å². The van der Waals surface area contributed by atoms with Crippen LogP contribution in [-0.4, -0.2) is 54.2 Å². The van der Waals surface area contributed by atoms with Gasteiger partial charge in [0.1, 0.15) is 11.5 Å². The summed E-state index contributed by atoms with van der Waals surface area (Å²) < 4.78 is 5.13. The van der Waals surface area contributed by atoms with E-state index in [0.29, 0.717) is 35.5 Å². The van der Waals surface area contributed by atoms with E-state index in [1.165, 1.54) is 11.3 Å². The first-order chi connectivity index (χ1) is 14.8. The first kappa shape index (κ1) is 26.4. The molecule has 0 saturated carbocycles. The molecule has 0 unspecified atom stereocenters. The predicted octanol–water partition coefficient (Wildman–Crippen LogP) is 4.96. The lowest BCUT2D eigenvalue weighted by atomic mass is 10.0. The zero-order chi connectivity index (χ0) is 23.4. The fourth-order valence-electron chi connectivity index (χ4n) is 3.10. The Morgan fingerprint density at radius 3 is 2.23 bits per heavy atom. The molecule has 2 fully saturated rings. The van der Waals surface area contributed by atoms with E-state index >= 15 is 0 Å². The number of nitrogens with one attached hydrogen (secondary N) is 2. The van der Waals surface area contributed by atoms with E-state index in [0.717, 1.165) is 26.2 Å². The highest BCUT2D eigenvalue weighted by Crippen LogP contribution is 2.21. The summed E-state index contributed by atoms with van der Waals surface area (Å²) in [6.07, 6.45) is 3.70. The van der Waals surface area contributed by atoms with Crippen LogP contribution in [0, 0.1) is 10.8 Å². The first-order valence-corrected chi connectivity index (χ1v) is 11.3. The van der Waals surface area contributed by atoms with Gasteiger partial charge < -0.3 is 25.7 Å². The lowest BCUT2D eigenvalue weighted by molar-refractivity contribution is 0.235. The number of anilines is 1. The third kappa shape index (κ3) is 8.17. The number of thiocarbonyl (C=S) groups is 1. The van der Waals surface area contributed by atoms with E-state index in [9.17, 15) is 0 Å². The van der Waals surface area contributed by atoms with Gasteiger partial charge in [0.2, 0.25) is 0 Å². The van der Waals surface area contributed by atoms with Crippen molar-refractivity contribution in [3.8, 4) is 0 Å². The van der Waals surface area contributed by atoms with Gasteiger partial charge in [-0.15, -0.1) is 0 Å². The summed E-state index contributed by atoms with van der Waals surface area (Å²) in [6, 6.07) is 8.87. The van der Waals surface area contributed by atoms with Crippen molar-refractivity contribution in [1.29, 1.82) is 10.8 Å². The summed E-state index contributed by atoms with van der Waals surface area (Å²) >= 11 is 5.00. The molecule has 7 heteroatoms. The van der Waals surface area contributed by atoms with Crippen molar-refractivity contribution >= 4 is 34.4 Å². The molecular weight excluding hydrogens is 406 g/mol. The number of allylic oxidation sites excluding steroid dienone is 3. The number of hydrogen-bond acceptors (Lipinski definition) is 5. The second-order valence-corrected chi connectivity index (χ2v) is 7.70. The summed E-state index contributed by atoms with van der Waals surface area (Å²) in [5.74, 6) is 1.04. The van der Waals surface area contributed by atoms with Crippen LogP contribution in [0.4, 0.5) is 5.69 Å². The molecule has 1 aromatic rings. The molecule has 31 heavy (non-hydrogen) atoms. The molecule has 0 aromatic heterocycles. The van der Waals surface area contributed by atoms with Gasteiger partial charge in [0.25, 0.3) is 0 Å². The Morgan fingerprint density at radius 2 is 1.74 bits per heavy atom. The third-order valence-corrected chi connectivity index (χ3v) is 5.20. The van der Waals surface area contributed by atoms with Crippen molar-refractivity contribution in [2.75, 3.05) is 37.7 Å². The molecule has 0 aliphatic carbocycles. The van der Waals surface area contributed by atoms with Crippen molar-refractivity contribution in [2.24, 2.45) is 5.73 Å². The maximum atomic E-state index is 7.39. The highest BCUT2D eigenvalue weighted by atomic mass is 32.1. The van der Waals surface area contributed by atoms with Gasteiger partial charge in [-0.3, -0.25) is 5.41 Å². The average molecular weight is 446 g/mol. The molecule has 0 radical (unpaired) electrons. The Kier molecular flexibility index (Phi) is 11.6. The summed E-state index contributed by atoms with van der Waals surface area (Å²) in [5, 5.41) is 15.2. The average Bonchev–Trinajstić information content (AvgIpc) is 2.79. The number of nitrogens with two attached hydrogens (primary N) is 1. The monoisotopic (exact) mass is 445 g/mol. The maximum absolute atomic E-state index is 7.39. The molecule has 0 amide bonds. The van der Waals surface area contributed by atoms with Gasteiger partial charge in [-0.1, -0.05) is 52.5 Å². The van der Waals surface area contributed by atoms with E-state index in [-0.39, 0.29) is 7.14 Å². The Labute approximate surface area is 194 Å². The van der Waals surface area contributed by atoms with Crippen LogP contribution >= 0.6 is 12.2 Å². The van der Waals surface area contributed by atoms with Crippen molar-refractivity contribution in [3.63, 3.8) is 0 Å². The van der Waals surface area contributed by atoms with E-state index in [2.05, 4.69) is 54.5 Å². The second kappa shape index (κ2) is 13.6. The summed E-state index contributed by atoms with van der Waals surface area (Å²) in [4.78, 5) is 4.45. The van der Waals surface area contributed by atoms with Crippen molar-refractivity contribution in [3.05, 3.63) is 54.3 Å². The normalized spacial score (nSPS) is 17.3. The Morgan fingerprint density at radius 1 is 1.16 bits per heavy atom. The number of hydrogen-bond donors (Lipinski definition) is 3. The minimum absolute atomic E-state index is 0. The van der Waals surface area contributed by atoms with Crippen LogP contribution in [0.15, 0.2) is 48.8 Å². The van der Waals surface area contributed by atoms with Crippen LogP contribution in [0.3, 0.4) is 0 Å². The number of ether oxygens (including phenoxy) is 1. The molecule has 1 aromatic carbocycles. The molecule has 172 valence electrons. The Hall–Kier alpha value is -2.67. The molecule has 6 nitrogen and oxygen atoms in total. The van der Waals surface area contributed by atoms with Gasteiger partial charge in [-0.25, -0.2) is 0 Å². The smallest absolute Gasteiger partial charge is 0.166 e. The molecule has 0 atom stereocenters. The molecule has 0 spiro atoms. The number of benzene rings is 1. The highest BCUT2D eigenvalue weighted by molar-refractivity contribution is 7.80.